The Balaban J connectivity index is 0.000000459. The van der Waals surface area contributed by atoms with Gasteiger partial charge >= 0.3 is 5.97 Å². The molecule has 0 radical (unpaired) electrons. The van der Waals surface area contributed by atoms with Gasteiger partial charge < -0.3 is 15.2 Å². The molecule has 23 heavy (non-hydrogen) atoms. The van der Waals surface area contributed by atoms with Crippen LogP contribution in [0.2, 0.25) is 0 Å². The van der Waals surface area contributed by atoms with Gasteiger partial charge in [0.1, 0.15) is 11.5 Å². The lowest BCUT2D eigenvalue weighted by atomic mass is 9.94. The summed E-state index contributed by atoms with van der Waals surface area (Å²) in [4.78, 5) is 22.7. The number of esters is 1. The minimum atomic E-state index is -0.260. The first-order valence-electron chi connectivity index (χ1n) is 8.06. The largest absolute Gasteiger partial charge is 0.497 e. The Hall–Kier alpha value is -2.04. The first kappa shape index (κ1) is 21.0. The Morgan fingerprint density at radius 1 is 1.13 bits per heavy atom. The first-order valence-corrected chi connectivity index (χ1v) is 8.06. The van der Waals surface area contributed by atoms with Crippen LogP contribution in [0.4, 0.5) is 5.69 Å². The van der Waals surface area contributed by atoms with Crippen molar-refractivity contribution in [2.45, 2.75) is 46.5 Å². The van der Waals surface area contributed by atoms with Gasteiger partial charge in [0.25, 0.3) is 0 Å². The predicted octanol–water partition coefficient (Wildman–Crippen LogP) is 3.61. The maximum Gasteiger partial charge on any atom is 0.306 e. The van der Waals surface area contributed by atoms with Crippen molar-refractivity contribution in [3.8, 4) is 5.75 Å². The van der Waals surface area contributed by atoms with Crippen LogP contribution in [0, 0.1) is 5.92 Å². The molecule has 5 nitrogen and oxygen atoms in total. The van der Waals surface area contributed by atoms with E-state index in [4.69, 9.17) is 15.2 Å². The van der Waals surface area contributed by atoms with E-state index in [0.29, 0.717) is 13.0 Å². The van der Waals surface area contributed by atoms with Gasteiger partial charge in [-0.25, -0.2) is 0 Å². The fraction of sp³-hybridized carbons (Fsp3) is 0.556. The average molecular weight is 323 g/mol. The molecule has 1 aromatic carbocycles. The van der Waals surface area contributed by atoms with Crippen LogP contribution in [0.1, 0.15) is 46.5 Å². The molecular weight excluding hydrogens is 294 g/mol. The minimum absolute atomic E-state index is 0.144. The van der Waals surface area contributed by atoms with Crippen LogP contribution < -0.4 is 10.5 Å². The van der Waals surface area contributed by atoms with Crippen molar-refractivity contribution in [2.75, 3.05) is 19.5 Å². The van der Waals surface area contributed by atoms with Gasteiger partial charge in [-0.1, -0.05) is 13.8 Å². The third-order valence-corrected chi connectivity index (χ3v) is 3.28. The summed E-state index contributed by atoms with van der Waals surface area (Å²) in [6, 6.07) is 7.27. The van der Waals surface area contributed by atoms with E-state index < -0.39 is 0 Å². The average Bonchev–Trinajstić information content (AvgIpc) is 2.54. The monoisotopic (exact) mass is 323 g/mol. The van der Waals surface area contributed by atoms with Gasteiger partial charge in [-0.15, -0.1) is 0 Å². The van der Waals surface area contributed by atoms with Gasteiger partial charge in [-0.2, -0.15) is 0 Å². The Bertz CT molecular complexity index is 457. The highest BCUT2D eigenvalue weighted by Gasteiger charge is 2.19. The number of benzene rings is 1. The summed E-state index contributed by atoms with van der Waals surface area (Å²) >= 11 is 0. The molecule has 1 atom stereocenters. The number of Topliss-reactive ketones (excluding diaryl/α,β-unsaturated/α-hetero) is 1. The summed E-state index contributed by atoms with van der Waals surface area (Å²) in [6.45, 7) is 6.05. The summed E-state index contributed by atoms with van der Waals surface area (Å²) in [5.74, 6) is 0.616. The van der Waals surface area contributed by atoms with E-state index in [1.807, 2.05) is 26.0 Å². The second kappa shape index (κ2) is 12.5. The van der Waals surface area contributed by atoms with Crippen LogP contribution in [0.3, 0.4) is 0 Å². The van der Waals surface area contributed by atoms with Gasteiger partial charge in [0, 0.05) is 18.0 Å². The molecule has 0 spiro atoms. The smallest absolute Gasteiger partial charge is 0.306 e. The highest BCUT2D eigenvalue weighted by molar-refractivity contribution is 5.85. The Kier molecular flexibility index (Phi) is 11.4. The number of hydrogen-bond acceptors (Lipinski definition) is 5. The number of rotatable bonds is 8. The molecule has 0 saturated heterocycles. The second-order valence-corrected chi connectivity index (χ2v) is 5.10. The molecule has 0 aliphatic rings. The van der Waals surface area contributed by atoms with Crippen LogP contribution in [0.15, 0.2) is 24.3 Å². The molecule has 0 saturated carbocycles. The zero-order valence-electron chi connectivity index (χ0n) is 14.6. The van der Waals surface area contributed by atoms with Crippen LogP contribution >= 0.6 is 0 Å². The molecule has 2 N–H and O–H groups in total. The van der Waals surface area contributed by atoms with Crippen molar-refractivity contribution in [3.63, 3.8) is 0 Å². The van der Waals surface area contributed by atoms with E-state index in [0.717, 1.165) is 24.3 Å². The number of nitrogens with two attached hydrogens (primary N) is 1. The summed E-state index contributed by atoms with van der Waals surface area (Å²) in [6.07, 6.45) is 2.37. The molecule has 1 rings (SSSR count). The van der Waals surface area contributed by atoms with Gasteiger partial charge in [0.2, 0.25) is 0 Å². The Morgan fingerprint density at radius 3 is 2.17 bits per heavy atom. The number of ether oxygens (including phenoxy) is 2. The molecule has 0 amide bonds. The molecule has 0 aliphatic carbocycles. The van der Waals surface area contributed by atoms with Gasteiger partial charge in [0.05, 0.1) is 20.1 Å². The second-order valence-electron chi connectivity index (χ2n) is 5.10. The molecule has 130 valence electrons. The summed E-state index contributed by atoms with van der Waals surface area (Å²) < 4.78 is 9.72. The van der Waals surface area contributed by atoms with E-state index in [2.05, 4.69) is 0 Å². The van der Waals surface area contributed by atoms with E-state index in [9.17, 15) is 9.59 Å². The number of carbonyl (C=O) groups is 2. The van der Waals surface area contributed by atoms with E-state index >= 15 is 0 Å². The van der Waals surface area contributed by atoms with Crippen LogP contribution in [0.25, 0.3) is 0 Å². The SMILES string of the molecule is CCCC(=O)C(CC)CC(=O)OCC.COc1ccc(N)cc1. The molecule has 0 aromatic heterocycles. The first-order chi connectivity index (χ1) is 11.0. The number of anilines is 1. The lowest BCUT2D eigenvalue weighted by Crippen LogP contribution is -2.19. The summed E-state index contributed by atoms with van der Waals surface area (Å²) in [5, 5.41) is 0. The van der Waals surface area contributed by atoms with Crippen molar-refractivity contribution in [3.05, 3.63) is 24.3 Å². The number of carbonyl (C=O) groups excluding carboxylic acids is 2. The van der Waals surface area contributed by atoms with Crippen LogP contribution in [-0.4, -0.2) is 25.5 Å². The molecule has 5 heteroatoms. The van der Waals surface area contributed by atoms with Crippen molar-refractivity contribution in [1.29, 1.82) is 0 Å². The highest BCUT2D eigenvalue weighted by Crippen LogP contribution is 2.14. The molecule has 0 aliphatic heterocycles. The van der Waals surface area contributed by atoms with Crippen LogP contribution in [-0.2, 0) is 14.3 Å². The fourth-order valence-electron chi connectivity index (χ4n) is 1.96. The number of methoxy groups -OCH3 is 1. The molecular formula is C18H29NO4. The lowest BCUT2D eigenvalue weighted by molar-refractivity contribution is -0.146. The molecule has 0 fully saturated rings. The summed E-state index contributed by atoms with van der Waals surface area (Å²) in [5.41, 5.74) is 6.19. The van der Waals surface area contributed by atoms with Gasteiger partial charge in [0.15, 0.2) is 0 Å². The molecule has 0 bridgehead atoms. The fourth-order valence-corrected chi connectivity index (χ4v) is 1.96. The summed E-state index contributed by atoms with van der Waals surface area (Å²) in [7, 11) is 1.63. The van der Waals surface area contributed by atoms with Gasteiger partial charge in [-0.3, -0.25) is 9.59 Å². The number of nitrogen functional groups attached to an aromatic ring is 1. The zero-order chi connectivity index (χ0) is 17.7. The van der Waals surface area contributed by atoms with Crippen molar-refractivity contribution in [2.24, 2.45) is 5.92 Å². The third-order valence-electron chi connectivity index (χ3n) is 3.28. The molecule has 0 heterocycles. The van der Waals surface area contributed by atoms with E-state index in [-0.39, 0.29) is 24.1 Å². The van der Waals surface area contributed by atoms with E-state index in [1.165, 1.54) is 0 Å². The van der Waals surface area contributed by atoms with Crippen molar-refractivity contribution < 1.29 is 19.1 Å². The topological polar surface area (TPSA) is 78.6 Å². The maximum absolute atomic E-state index is 11.5. The Labute approximate surface area is 139 Å². The lowest BCUT2D eigenvalue weighted by Gasteiger charge is -2.11. The minimum Gasteiger partial charge on any atom is -0.497 e. The highest BCUT2D eigenvalue weighted by atomic mass is 16.5. The molecule has 1 unspecified atom stereocenters. The zero-order valence-corrected chi connectivity index (χ0v) is 14.6. The number of ketones is 1. The quantitative estimate of drug-likeness (QED) is 0.584. The van der Waals surface area contributed by atoms with Gasteiger partial charge in [-0.05, 0) is 44.0 Å². The van der Waals surface area contributed by atoms with Crippen molar-refractivity contribution in [1.82, 2.24) is 0 Å². The van der Waals surface area contributed by atoms with Crippen molar-refractivity contribution >= 4 is 17.4 Å². The normalized spacial score (nSPS) is 11.0. The molecule has 1 aromatic rings. The standard InChI is InChI=1S/C11H20O3.C7H9NO/c1-4-7-10(12)9(5-2)8-11(13)14-6-3;1-9-7-4-2-6(8)3-5-7/h9H,4-8H2,1-3H3;2-5H,8H2,1H3. The predicted molar refractivity (Wildman–Crippen MR) is 92.4 cm³/mol. The van der Waals surface area contributed by atoms with E-state index in [1.54, 1.807) is 26.2 Å². The maximum atomic E-state index is 11.5. The Morgan fingerprint density at radius 2 is 1.74 bits per heavy atom. The number of hydrogen-bond donors (Lipinski definition) is 1. The third kappa shape index (κ3) is 9.55. The van der Waals surface area contributed by atoms with Crippen LogP contribution in [0.5, 0.6) is 5.75 Å².